The maximum Gasteiger partial charge on any atom is 0.253 e. The summed E-state index contributed by atoms with van der Waals surface area (Å²) in [6.45, 7) is 2.45. The highest BCUT2D eigenvalue weighted by atomic mass is 35.5. The quantitative estimate of drug-likeness (QED) is 0.699. The van der Waals surface area contributed by atoms with Crippen molar-refractivity contribution in [3.8, 4) is 0 Å². The molecule has 0 atom stereocenters. The van der Waals surface area contributed by atoms with Crippen LogP contribution in [0.2, 0.25) is 5.02 Å². The fourth-order valence-electron chi connectivity index (χ4n) is 2.44. The Morgan fingerprint density at radius 1 is 1.08 bits per heavy atom. The first kappa shape index (κ1) is 17.0. The predicted octanol–water partition coefficient (Wildman–Crippen LogP) is 4.72. The Morgan fingerprint density at radius 3 is 2.64 bits per heavy atom. The highest BCUT2D eigenvalue weighted by Crippen LogP contribution is 2.23. The summed E-state index contributed by atoms with van der Waals surface area (Å²) in [4.78, 5) is 16.5. The van der Waals surface area contributed by atoms with E-state index in [1.54, 1.807) is 18.5 Å². The molecule has 0 saturated heterocycles. The van der Waals surface area contributed by atoms with E-state index in [1.165, 1.54) is 0 Å². The molecule has 1 amide bonds. The van der Waals surface area contributed by atoms with Crippen LogP contribution in [0.5, 0.6) is 0 Å². The van der Waals surface area contributed by atoms with Crippen LogP contribution in [-0.4, -0.2) is 10.9 Å². The van der Waals surface area contributed by atoms with Gasteiger partial charge in [0.1, 0.15) is 0 Å². The van der Waals surface area contributed by atoms with Crippen molar-refractivity contribution in [3.05, 3.63) is 88.7 Å². The number of halogens is 1. The van der Waals surface area contributed by atoms with Gasteiger partial charge < -0.3 is 10.6 Å². The maximum atomic E-state index is 12.3. The van der Waals surface area contributed by atoms with Gasteiger partial charge in [0.2, 0.25) is 0 Å². The molecular formula is C20H18ClN3O. The van der Waals surface area contributed by atoms with Crippen molar-refractivity contribution in [2.24, 2.45) is 0 Å². The van der Waals surface area contributed by atoms with Crippen molar-refractivity contribution >= 4 is 28.9 Å². The van der Waals surface area contributed by atoms with Crippen molar-refractivity contribution in [2.75, 3.05) is 5.32 Å². The third kappa shape index (κ3) is 4.58. The molecule has 1 aromatic heterocycles. The second kappa shape index (κ2) is 7.81. The van der Waals surface area contributed by atoms with E-state index in [1.807, 2.05) is 55.5 Å². The molecule has 2 aromatic carbocycles. The van der Waals surface area contributed by atoms with E-state index >= 15 is 0 Å². The van der Waals surface area contributed by atoms with Crippen LogP contribution in [0.1, 0.15) is 21.5 Å². The molecule has 0 aliphatic rings. The SMILES string of the molecule is Cc1cc(Cl)ccc1Nc1cncc(C(=O)NCc2ccccc2)c1. The molecule has 0 aliphatic carbocycles. The average molecular weight is 352 g/mol. The number of carbonyl (C=O) groups is 1. The number of nitrogens with one attached hydrogen (secondary N) is 2. The molecule has 1 heterocycles. The van der Waals surface area contributed by atoms with Crippen LogP contribution in [0.25, 0.3) is 0 Å². The second-order valence-corrected chi connectivity index (χ2v) is 6.15. The third-order valence-corrected chi connectivity index (χ3v) is 4.00. The Morgan fingerprint density at radius 2 is 1.88 bits per heavy atom. The molecule has 0 saturated carbocycles. The number of nitrogens with zero attached hydrogens (tertiary/aromatic N) is 1. The van der Waals surface area contributed by atoms with Crippen LogP contribution in [0.3, 0.4) is 0 Å². The van der Waals surface area contributed by atoms with Crippen LogP contribution >= 0.6 is 11.6 Å². The van der Waals surface area contributed by atoms with Crippen molar-refractivity contribution in [1.82, 2.24) is 10.3 Å². The van der Waals surface area contributed by atoms with Crippen LogP contribution in [-0.2, 0) is 6.54 Å². The van der Waals surface area contributed by atoms with E-state index in [0.29, 0.717) is 17.1 Å². The number of hydrogen-bond acceptors (Lipinski definition) is 3. The highest BCUT2D eigenvalue weighted by molar-refractivity contribution is 6.30. The van der Waals surface area contributed by atoms with E-state index in [-0.39, 0.29) is 5.91 Å². The first-order valence-corrected chi connectivity index (χ1v) is 8.30. The molecule has 2 N–H and O–H groups in total. The van der Waals surface area contributed by atoms with Gasteiger partial charge >= 0.3 is 0 Å². The standard InChI is InChI=1S/C20H18ClN3O/c1-14-9-17(21)7-8-19(14)24-18-10-16(12-22-13-18)20(25)23-11-15-5-3-2-4-6-15/h2-10,12-13,24H,11H2,1H3,(H,23,25). The fraction of sp³-hybridized carbons (Fsp3) is 0.100. The summed E-state index contributed by atoms with van der Waals surface area (Å²) < 4.78 is 0. The average Bonchev–Trinajstić information content (AvgIpc) is 2.63. The number of rotatable bonds is 5. The molecule has 0 aliphatic heterocycles. The lowest BCUT2D eigenvalue weighted by Crippen LogP contribution is -2.22. The Kier molecular flexibility index (Phi) is 5.31. The molecule has 0 fully saturated rings. The number of aryl methyl sites for hydroxylation is 1. The Hall–Kier alpha value is -2.85. The molecule has 3 rings (SSSR count). The normalized spacial score (nSPS) is 10.3. The lowest BCUT2D eigenvalue weighted by atomic mass is 10.2. The molecule has 126 valence electrons. The smallest absolute Gasteiger partial charge is 0.253 e. The van der Waals surface area contributed by atoms with E-state index in [2.05, 4.69) is 15.6 Å². The van der Waals surface area contributed by atoms with E-state index in [9.17, 15) is 4.79 Å². The molecule has 3 aromatic rings. The summed E-state index contributed by atoms with van der Waals surface area (Å²) in [6, 6.07) is 17.2. The molecule has 0 bridgehead atoms. The van der Waals surface area contributed by atoms with Crippen LogP contribution in [0.15, 0.2) is 67.0 Å². The highest BCUT2D eigenvalue weighted by Gasteiger charge is 2.08. The zero-order chi connectivity index (χ0) is 17.6. The lowest BCUT2D eigenvalue weighted by molar-refractivity contribution is 0.0950. The van der Waals surface area contributed by atoms with E-state index in [0.717, 1.165) is 22.5 Å². The zero-order valence-electron chi connectivity index (χ0n) is 13.8. The minimum Gasteiger partial charge on any atom is -0.354 e. The van der Waals surface area contributed by atoms with E-state index < -0.39 is 0 Å². The number of benzene rings is 2. The van der Waals surface area contributed by atoms with Gasteiger partial charge in [-0.05, 0) is 42.3 Å². The minimum atomic E-state index is -0.159. The van der Waals surface area contributed by atoms with Gasteiger partial charge in [0, 0.05) is 23.5 Å². The van der Waals surface area contributed by atoms with E-state index in [4.69, 9.17) is 11.6 Å². The maximum absolute atomic E-state index is 12.3. The van der Waals surface area contributed by atoms with Crippen LogP contribution < -0.4 is 10.6 Å². The van der Waals surface area contributed by atoms with Gasteiger partial charge in [0.15, 0.2) is 0 Å². The molecular weight excluding hydrogens is 334 g/mol. The van der Waals surface area contributed by atoms with Gasteiger partial charge in [-0.25, -0.2) is 0 Å². The van der Waals surface area contributed by atoms with Crippen molar-refractivity contribution < 1.29 is 4.79 Å². The summed E-state index contributed by atoms with van der Waals surface area (Å²) in [5.74, 6) is -0.159. The molecule has 0 unspecified atom stereocenters. The van der Waals surface area contributed by atoms with Gasteiger partial charge in [-0.1, -0.05) is 41.9 Å². The summed E-state index contributed by atoms with van der Waals surface area (Å²) in [7, 11) is 0. The number of anilines is 2. The molecule has 0 radical (unpaired) electrons. The number of hydrogen-bond donors (Lipinski definition) is 2. The van der Waals surface area contributed by atoms with Gasteiger partial charge in [-0.15, -0.1) is 0 Å². The topological polar surface area (TPSA) is 54.0 Å². The summed E-state index contributed by atoms with van der Waals surface area (Å²) in [6.07, 6.45) is 3.24. The fourth-order valence-corrected chi connectivity index (χ4v) is 2.66. The number of pyridine rings is 1. The first-order valence-electron chi connectivity index (χ1n) is 7.92. The summed E-state index contributed by atoms with van der Waals surface area (Å²) >= 11 is 5.98. The largest absolute Gasteiger partial charge is 0.354 e. The Labute approximate surface area is 151 Å². The van der Waals surface area contributed by atoms with Crippen molar-refractivity contribution in [3.63, 3.8) is 0 Å². The summed E-state index contributed by atoms with van der Waals surface area (Å²) in [5.41, 5.74) is 4.25. The monoisotopic (exact) mass is 351 g/mol. The molecule has 5 heteroatoms. The molecule has 25 heavy (non-hydrogen) atoms. The zero-order valence-corrected chi connectivity index (χ0v) is 14.5. The minimum absolute atomic E-state index is 0.159. The van der Waals surface area contributed by atoms with Crippen LogP contribution in [0, 0.1) is 6.92 Å². The number of carbonyl (C=O) groups excluding carboxylic acids is 1. The lowest BCUT2D eigenvalue weighted by Gasteiger charge is -2.11. The van der Waals surface area contributed by atoms with Crippen molar-refractivity contribution in [2.45, 2.75) is 13.5 Å². The predicted molar refractivity (Wildman–Crippen MR) is 101 cm³/mol. The number of amides is 1. The van der Waals surface area contributed by atoms with Crippen molar-refractivity contribution in [1.29, 1.82) is 0 Å². The second-order valence-electron chi connectivity index (χ2n) is 5.71. The molecule has 0 spiro atoms. The van der Waals surface area contributed by atoms with Gasteiger partial charge in [0.25, 0.3) is 5.91 Å². The first-order chi connectivity index (χ1) is 12.1. The molecule has 4 nitrogen and oxygen atoms in total. The summed E-state index contributed by atoms with van der Waals surface area (Å²) in [5, 5.41) is 6.86. The Balaban J connectivity index is 1.69. The number of aromatic nitrogens is 1. The van der Waals surface area contributed by atoms with Gasteiger partial charge in [-0.3, -0.25) is 9.78 Å². The van der Waals surface area contributed by atoms with Gasteiger partial charge in [0.05, 0.1) is 17.4 Å². The van der Waals surface area contributed by atoms with Crippen LogP contribution in [0.4, 0.5) is 11.4 Å². The Bertz CT molecular complexity index is 881. The third-order valence-electron chi connectivity index (χ3n) is 3.76. The van der Waals surface area contributed by atoms with Gasteiger partial charge in [-0.2, -0.15) is 0 Å².